The van der Waals surface area contributed by atoms with E-state index >= 15 is 0 Å². The maximum absolute atomic E-state index is 12.4. The van der Waals surface area contributed by atoms with Gasteiger partial charge in [-0.1, -0.05) is 17.8 Å². The minimum absolute atomic E-state index is 0.0170. The third-order valence-electron chi connectivity index (χ3n) is 3.99. The van der Waals surface area contributed by atoms with E-state index in [2.05, 4.69) is 14.9 Å². The first kappa shape index (κ1) is 17.2. The smallest absolute Gasteiger partial charge is 0.274 e. The number of pyridine rings is 2. The molecule has 2 aromatic heterocycles. The Morgan fingerprint density at radius 3 is 2.64 bits per heavy atom. The number of piperazine rings is 1. The molecule has 0 aromatic carbocycles. The number of hydrogen-bond acceptors (Lipinski definition) is 6. The van der Waals surface area contributed by atoms with E-state index in [1.807, 2.05) is 24.4 Å². The molecule has 3 rings (SSSR count). The normalized spacial score (nSPS) is 14.4. The number of nitrogens with one attached hydrogen (secondary N) is 1. The van der Waals surface area contributed by atoms with Gasteiger partial charge in [0.15, 0.2) is 0 Å². The van der Waals surface area contributed by atoms with Crippen molar-refractivity contribution in [2.75, 3.05) is 36.8 Å². The summed E-state index contributed by atoms with van der Waals surface area (Å²) >= 11 is 1.13. The van der Waals surface area contributed by atoms with Crippen molar-refractivity contribution < 1.29 is 19.7 Å². The number of aromatic amines is 1. The number of carbonyl (C=O) groups excluding carboxylic acids is 2. The summed E-state index contributed by atoms with van der Waals surface area (Å²) in [6, 6.07) is 8.89. The van der Waals surface area contributed by atoms with Gasteiger partial charge in [-0.15, -0.1) is 0 Å². The molecule has 0 saturated carbocycles. The first-order valence-corrected chi connectivity index (χ1v) is 8.92. The zero-order chi connectivity index (χ0) is 17.6. The average Bonchev–Trinajstić information content (AvgIpc) is 2.67. The molecule has 130 valence electrons. The van der Waals surface area contributed by atoms with Gasteiger partial charge >= 0.3 is 0 Å². The summed E-state index contributed by atoms with van der Waals surface area (Å²) in [5, 5.41) is 11.4. The molecule has 1 fully saturated rings. The van der Waals surface area contributed by atoms with Gasteiger partial charge < -0.3 is 14.8 Å². The van der Waals surface area contributed by atoms with E-state index in [-0.39, 0.29) is 17.2 Å². The van der Waals surface area contributed by atoms with E-state index in [0.29, 0.717) is 18.1 Å². The van der Waals surface area contributed by atoms with Crippen LogP contribution < -0.4 is 15.0 Å². The van der Waals surface area contributed by atoms with Gasteiger partial charge in [0.2, 0.25) is 5.91 Å². The fourth-order valence-corrected chi connectivity index (χ4v) is 3.54. The average molecular weight is 358 g/mol. The molecule has 0 atom stereocenters. The molecule has 3 heterocycles. The molecule has 1 aliphatic heterocycles. The highest BCUT2D eigenvalue weighted by atomic mass is 32.2. The number of aromatic nitrogens is 2. The number of amides is 1. The number of thioether (sulfide) groups is 1. The summed E-state index contributed by atoms with van der Waals surface area (Å²) in [7, 11) is 0. The number of nitrogens with zero attached hydrogens (tertiary/aromatic N) is 3. The van der Waals surface area contributed by atoms with E-state index in [1.165, 1.54) is 18.3 Å². The summed E-state index contributed by atoms with van der Waals surface area (Å²) in [6.07, 6.45) is 3.39. The predicted octanol–water partition coefficient (Wildman–Crippen LogP) is -0.300. The van der Waals surface area contributed by atoms with Crippen molar-refractivity contribution in [1.29, 1.82) is 0 Å². The van der Waals surface area contributed by atoms with Crippen LogP contribution in [-0.2, 0) is 4.79 Å². The Labute approximate surface area is 149 Å². The van der Waals surface area contributed by atoms with Crippen molar-refractivity contribution >= 4 is 29.5 Å². The Balaban J connectivity index is 1.53. The number of carbonyl (C=O) groups is 2. The molecule has 0 aliphatic carbocycles. The maximum Gasteiger partial charge on any atom is 0.274 e. The Morgan fingerprint density at radius 2 is 1.96 bits per heavy atom. The molecule has 1 N–H and O–H groups in total. The monoisotopic (exact) mass is 358 g/mol. The van der Waals surface area contributed by atoms with E-state index in [0.717, 1.165) is 30.7 Å². The van der Waals surface area contributed by atoms with Crippen molar-refractivity contribution in [3.05, 3.63) is 48.3 Å². The molecule has 0 radical (unpaired) electrons. The van der Waals surface area contributed by atoms with Gasteiger partial charge in [0.05, 0.1) is 31.0 Å². The number of carboxylic acids is 1. The molecular weight excluding hydrogens is 340 g/mol. The minimum Gasteiger partial charge on any atom is -0.545 e. The zero-order valence-electron chi connectivity index (χ0n) is 13.6. The molecule has 7 nitrogen and oxygen atoms in total. The van der Waals surface area contributed by atoms with E-state index in [4.69, 9.17) is 0 Å². The lowest BCUT2D eigenvalue weighted by atomic mass is 10.3. The topological polar surface area (TPSA) is 90.7 Å². The van der Waals surface area contributed by atoms with Crippen molar-refractivity contribution in [2.24, 2.45) is 0 Å². The van der Waals surface area contributed by atoms with Crippen LogP contribution in [0.1, 0.15) is 10.4 Å². The van der Waals surface area contributed by atoms with Crippen molar-refractivity contribution in [3.8, 4) is 0 Å². The van der Waals surface area contributed by atoms with Crippen molar-refractivity contribution in [2.45, 2.75) is 5.03 Å². The molecule has 0 unspecified atom stereocenters. The number of aromatic carboxylic acids is 1. The van der Waals surface area contributed by atoms with Gasteiger partial charge in [0.25, 0.3) is 5.82 Å². The number of carboxylic acid groups (broad SMARTS) is 1. The van der Waals surface area contributed by atoms with Gasteiger partial charge in [0, 0.05) is 17.8 Å². The predicted molar refractivity (Wildman–Crippen MR) is 91.1 cm³/mol. The summed E-state index contributed by atoms with van der Waals surface area (Å²) in [4.78, 5) is 34.7. The Kier molecular flexibility index (Phi) is 5.49. The molecule has 2 aromatic rings. The number of rotatable bonds is 5. The van der Waals surface area contributed by atoms with E-state index in [9.17, 15) is 14.7 Å². The lowest BCUT2D eigenvalue weighted by Gasteiger charge is -2.30. The summed E-state index contributed by atoms with van der Waals surface area (Å²) in [5.41, 5.74) is 0.0183. The molecule has 8 heteroatoms. The van der Waals surface area contributed by atoms with Gasteiger partial charge in [-0.25, -0.2) is 9.97 Å². The van der Waals surface area contributed by atoms with Gasteiger partial charge in [0.1, 0.15) is 18.1 Å². The maximum atomic E-state index is 12.4. The van der Waals surface area contributed by atoms with Crippen LogP contribution in [0.15, 0.2) is 47.8 Å². The highest BCUT2D eigenvalue weighted by Crippen LogP contribution is 2.20. The Hall–Kier alpha value is -2.61. The summed E-state index contributed by atoms with van der Waals surface area (Å²) < 4.78 is 0. The molecule has 1 aliphatic rings. The number of H-pyrrole nitrogens is 1. The molecule has 1 saturated heterocycles. The van der Waals surface area contributed by atoms with Crippen LogP contribution in [-0.4, -0.2) is 53.7 Å². The van der Waals surface area contributed by atoms with Crippen LogP contribution in [0.5, 0.6) is 0 Å². The first-order valence-electron chi connectivity index (χ1n) is 7.94. The van der Waals surface area contributed by atoms with Gasteiger partial charge in [-0.3, -0.25) is 9.69 Å². The summed E-state index contributed by atoms with van der Waals surface area (Å²) in [5.74, 6) is -0.0992. The standard InChI is InChI=1S/C17H18N4O3S/c22-15(12-25-16-13(17(23)24)4-3-7-19-16)21-10-8-20(9-11-21)14-5-1-2-6-18-14/h1-7H,8-12H2,(H,23,24). The minimum atomic E-state index is -1.28. The van der Waals surface area contributed by atoms with E-state index < -0.39 is 5.97 Å². The SMILES string of the molecule is O=C([O-])c1cccnc1SCC(=O)N1CCN(c2cccc[nH+]2)CC1. The second-order valence-corrected chi connectivity index (χ2v) is 6.51. The van der Waals surface area contributed by atoms with Crippen LogP contribution in [0, 0.1) is 0 Å². The van der Waals surface area contributed by atoms with Crippen molar-refractivity contribution in [1.82, 2.24) is 9.88 Å². The lowest BCUT2D eigenvalue weighted by molar-refractivity contribution is -0.364. The molecule has 0 bridgehead atoms. The molecular formula is C17H18N4O3S. The first-order chi connectivity index (χ1) is 12.1. The highest BCUT2D eigenvalue weighted by molar-refractivity contribution is 8.00. The fourth-order valence-electron chi connectivity index (χ4n) is 2.66. The van der Waals surface area contributed by atoms with Gasteiger partial charge in [-0.2, -0.15) is 0 Å². The molecule has 1 amide bonds. The van der Waals surface area contributed by atoms with Gasteiger partial charge in [-0.05, 0) is 18.2 Å². The molecule has 0 spiro atoms. The van der Waals surface area contributed by atoms with Crippen LogP contribution in [0.25, 0.3) is 0 Å². The molecule has 25 heavy (non-hydrogen) atoms. The van der Waals surface area contributed by atoms with Crippen LogP contribution in [0.2, 0.25) is 0 Å². The van der Waals surface area contributed by atoms with Crippen LogP contribution in [0.4, 0.5) is 5.82 Å². The Morgan fingerprint density at radius 1 is 1.16 bits per heavy atom. The van der Waals surface area contributed by atoms with E-state index in [1.54, 1.807) is 4.90 Å². The third kappa shape index (κ3) is 4.27. The van der Waals surface area contributed by atoms with Crippen LogP contribution >= 0.6 is 11.8 Å². The third-order valence-corrected chi connectivity index (χ3v) is 4.98. The largest absolute Gasteiger partial charge is 0.545 e. The summed E-state index contributed by atoms with van der Waals surface area (Å²) in [6.45, 7) is 2.78. The quantitative estimate of drug-likeness (QED) is 0.682. The second kappa shape index (κ2) is 7.98. The fraction of sp³-hybridized carbons (Fsp3) is 0.294. The highest BCUT2D eigenvalue weighted by Gasteiger charge is 2.26. The zero-order valence-corrected chi connectivity index (χ0v) is 14.4. The Bertz CT molecular complexity index is 749. The van der Waals surface area contributed by atoms with Crippen molar-refractivity contribution in [3.63, 3.8) is 0 Å². The number of anilines is 1. The lowest BCUT2D eigenvalue weighted by Crippen LogP contribution is -2.50. The second-order valence-electron chi connectivity index (χ2n) is 5.55. The number of hydrogen-bond donors (Lipinski definition) is 0. The van der Waals surface area contributed by atoms with Crippen LogP contribution in [0.3, 0.4) is 0 Å².